The first-order valence-electron chi connectivity index (χ1n) is 6.44. The maximum atomic E-state index is 12.0. The predicted octanol–water partition coefficient (Wildman–Crippen LogP) is 3.14. The summed E-state index contributed by atoms with van der Waals surface area (Å²) in [5.74, 6) is 1.12. The molecule has 0 N–H and O–H groups in total. The molecule has 1 heterocycles. The molecule has 0 amide bonds. The summed E-state index contributed by atoms with van der Waals surface area (Å²) in [5.41, 5.74) is 2.11. The molecule has 0 unspecified atom stereocenters. The Bertz CT molecular complexity index is 536. The van der Waals surface area contributed by atoms with Crippen molar-refractivity contribution >= 4 is 5.78 Å². The van der Waals surface area contributed by atoms with Gasteiger partial charge in [0, 0.05) is 11.0 Å². The highest BCUT2D eigenvalue weighted by atomic mass is 16.5. The van der Waals surface area contributed by atoms with E-state index in [0.29, 0.717) is 6.61 Å². The molecule has 2 aliphatic rings. The molecule has 1 aliphatic heterocycles. The van der Waals surface area contributed by atoms with Crippen LogP contribution in [-0.2, 0) is 15.6 Å². The highest BCUT2D eigenvalue weighted by Gasteiger charge is 2.50. The molecule has 2 heteroatoms. The summed E-state index contributed by atoms with van der Waals surface area (Å²) in [6, 6.07) is 6.21. The van der Waals surface area contributed by atoms with E-state index in [1.807, 2.05) is 12.1 Å². The Morgan fingerprint density at radius 3 is 2.72 bits per heavy atom. The summed E-state index contributed by atoms with van der Waals surface area (Å²) in [4.78, 5) is 12.0. The van der Waals surface area contributed by atoms with Crippen LogP contribution in [0, 0.1) is 0 Å². The van der Waals surface area contributed by atoms with Gasteiger partial charge in [-0.1, -0.05) is 32.6 Å². The smallest absolute Gasteiger partial charge is 0.165 e. The number of ether oxygens (including phenoxy) is 1. The fourth-order valence-corrected chi connectivity index (χ4v) is 2.82. The van der Waals surface area contributed by atoms with Crippen LogP contribution in [0.5, 0.6) is 5.75 Å². The number of ketones is 1. The highest BCUT2D eigenvalue weighted by Crippen LogP contribution is 2.51. The number of carbonyl (C=O) groups is 1. The number of rotatable bonds is 3. The lowest BCUT2D eigenvalue weighted by atomic mass is 9.82. The molecule has 1 aromatic carbocycles. The zero-order chi connectivity index (χ0) is 13.0. The molecule has 0 atom stereocenters. The average molecular weight is 242 g/mol. The second-order valence-electron chi connectivity index (χ2n) is 6.03. The van der Waals surface area contributed by atoms with Crippen molar-refractivity contribution in [3.63, 3.8) is 0 Å². The Kier molecular flexibility index (Phi) is 2.22. The molecule has 3 rings (SSSR count). The minimum atomic E-state index is -0.282. The molecular formula is C16H18O2. The maximum Gasteiger partial charge on any atom is 0.165 e. The largest absolute Gasteiger partial charge is 0.492 e. The van der Waals surface area contributed by atoms with E-state index in [-0.39, 0.29) is 16.6 Å². The van der Waals surface area contributed by atoms with Crippen molar-refractivity contribution in [2.75, 3.05) is 6.61 Å². The van der Waals surface area contributed by atoms with Crippen molar-refractivity contribution in [2.45, 2.75) is 37.5 Å². The van der Waals surface area contributed by atoms with Gasteiger partial charge in [-0.2, -0.15) is 0 Å². The van der Waals surface area contributed by atoms with Gasteiger partial charge in [0.2, 0.25) is 0 Å². The fourth-order valence-electron chi connectivity index (χ4n) is 2.82. The van der Waals surface area contributed by atoms with Crippen LogP contribution in [0.25, 0.3) is 0 Å². The molecule has 0 saturated heterocycles. The Morgan fingerprint density at radius 1 is 1.39 bits per heavy atom. The van der Waals surface area contributed by atoms with Gasteiger partial charge in [-0.25, -0.2) is 0 Å². The summed E-state index contributed by atoms with van der Waals surface area (Å²) in [6.07, 6.45) is 3.34. The van der Waals surface area contributed by atoms with Crippen molar-refractivity contribution in [1.82, 2.24) is 0 Å². The van der Waals surface area contributed by atoms with Gasteiger partial charge in [0.15, 0.2) is 5.78 Å². The van der Waals surface area contributed by atoms with Gasteiger partial charge in [0.1, 0.15) is 5.75 Å². The first-order chi connectivity index (χ1) is 8.49. The number of benzene rings is 1. The molecule has 94 valence electrons. The third kappa shape index (κ3) is 1.45. The van der Waals surface area contributed by atoms with Crippen molar-refractivity contribution in [1.29, 1.82) is 0 Å². The third-order valence-electron chi connectivity index (χ3n) is 4.26. The number of carbonyl (C=O) groups excluding carboxylic acids is 1. The van der Waals surface area contributed by atoms with Gasteiger partial charge in [0.25, 0.3) is 0 Å². The minimum Gasteiger partial charge on any atom is -0.492 e. The summed E-state index contributed by atoms with van der Waals surface area (Å²) >= 11 is 0. The SMILES string of the molecule is C=CC(=O)C1(c2ccc3c(c2)C(C)(C)CO3)CC1. The van der Waals surface area contributed by atoms with Gasteiger partial charge in [0.05, 0.1) is 12.0 Å². The van der Waals surface area contributed by atoms with Gasteiger partial charge < -0.3 is 4.74 Å². The average Bonchev–Trinajstić information content (AvgIpc) is 3.11. The monoisotopic (exact) mass is 242 g/mol. The van der Waals surface area contributed by atoms with Crippen LogP contribution < -0.4 is 4.74 Å². The molecule has 0 radical (unpaired) electrons. The second kappa shape index (κ2) is 3.47. The van der Waals surface area contributed by atoms with Gasteiger partial charge in [-0.3, -0.25) is 4.79 Å². The second-order valence-corrected chi connectivity index (χ2v) is 6.03. The maximum absolute atomic E-state index is 12.0. The van der Waals surface area contributed by atoms with Crippen LogP contribution in [0.1, 0.15) is 37.8 Å². The number of hydrogen-bond donors (Lipinski definition) is 0. The molecule has 1 aromatic rings. The van der Waals surface area contributed by atoms with Crippen molar-refractivity contribution in [2.24, 2.45) is 0 Å². The molecule has 1 fully saturated rings. The highest BCUT2D eigenvalue weighted by molar-refractivity contribution is 6.01. The summed E-state index contributed by atoms with van der Waals surface area (Å²) < 4.78 is 5.68. The van der Waals surface area contributed by atoms with E-state index in [1.54, 1.807) is 0 Å². The zero-order valence-electron chi connectivity index (χ0n) is 11.0. The van der Waals surface area contributed by atoms with Crippen molar-refractivity contribution in [3.8, 4) is 5.75 Å². The van der Waals surface area contributed by atoms with E-state index in [0.717, 1.165) is 24.2 Å². The van der Waals surface area contributed by atoms with E-state index in [4.69, 9.17) is 4.74 Å². The fraction of sp³-hybridized carbons (Fsp3) is 0.438. The molecular weight excluding hydrogens is 224 g/mol. The molecule has 1 aliphatic carbocycles. The Labute approximate surface area is 108 Å². The van der Waals surface area contributed by atoms with Crippen LogP contribution in [-0.4, -0.2) is 12.4 Å². The third-order valence-corrected chi connectivity index (χ3v) is 4.26. The molecule has 0 spiro atoms. The normalized spacial score (nSPS) is 21.9. The van der Waals surface area contributed by atoms with Crippen LogP contribution in [0.2, 0.25) is 0 Å². The zero-order valence-corrected chi connectivity index (χ0v) is 11.0. The van der Waals surface area contributed by atoms with E-state index in [2.05, 4.69) is 26.5 Å². The standard InChI is InChI=1S/C16H18O2/c1-4-14(17)16(7-8-16)11-5-6-13-12(9-11)15(2,3)10-18-13/h4-6,9H,1,7-8,10H2,2-3H3. The van der Waals surface area contributed by atoms with Gasteiger partial charge in [-0.05, 0) is 30.5 Å². The van der Waals surface area contributed by atoms with Gasteiger partial charge >= 0.3 is 0 Å². The van der Waals surface area contributed by atoms with E-state index >= 15 is 0 Å². The molecule has 0 aromatic heterocycles. The lowest BCUT2D eigenvalue weighted by Crippen LogP contribution is -2.21. The molecule has 18 heavy (non-hydrogen) atoms. The number of allylic oxidation sites excluding steroid dienone is 1. The van der Waals surface area contributed by atoms with E-state index in [9.17, 15) is 4.79 Å². The predicted molar refractivity (Wildman–Crippen MR) is 71.1 cm³/mol. The topological polar surface area (TPSA) is 26.3 Å². The lowest BCUT2D eigenvalue weighted by Gasteiger charge is -2.18. The number of fused-ring (bicyclic) bond motifs is 1. The Hall–Kier alpha value is -1.57. The molecule has 1 saturated carbocycles. The van der Waals surface area contributed by atoms with Crippen LogP contribution >= 0.6 is 0 Å². The first-order valence-corrected chi connectivity index (χ1v) is 6.44. The van der Waals surface area contributed by atoms with Crippen molar-refractivity contribution in [3.05, 3.63) is 42.0 Å². The number of hydrogen-bond acceptors (Lipinski definition) is 2. The minimum absolute atomic E-state index is 0.0403. The van der Waals surface area contributed by atoms with Crippen molar-refractivity contribution < 1.29 is 9.53 Å². The van der Waals surface area contributed by atoms with Crippen LogP contribution in [0.15, 0.2) is 30.9 Å². The Balaban J connectivity index is 2.06. The van der Waals surface area contributed by atoms with E-state index in [1.165, 1.54) is 11.6 Å². The van der Waals surface area contributed by atoms with Gasteiger partial charge in [-0.15, -0.1) is 0 Å². The molecule has 0 bridgehead atoms. The molecule has 2 nitrogen and oxygen atoms in total. The Morgan fingerprint density at radius 2 is 2.11 bits per heavy atom. The first kappa shape index (κ1) is 11.5. The summed E-state index contributed by atoms with van der Waals surface area (Å²) in [5, 5.41) is 0. The lowest BCUT2D eigenvalue weighted by molar-refractivity contribution is -0.116. The van der Waals surface area contributed by atoms with Crippen LogP contribution in [0.3, 0.4) is 0 Å². The van der Waals surface area contributed by atoms with Crippen LogP contribution in [0.4, 0.5) is 0 Å². The quantitative estimate of drug-likeness (QED) is 0.761. The van der Waals surface area contributed by atoms with E-state index < -0.39 is 0 Å². The summed E-state index contributed by atoms with van der Waals surface area (Å²) in [7, 11) is 0. The summed E-state index contributed by atoms with van der Waals surface area (Å²) in [6.45, 7) is 8.69.